The largest absolute Gasteiger partial charge is 0.444 e. The maximum atomic E-state index is 12.7. The minimum absolute atomic E-state index is 0.0586. The van der Waals surface area contributed by atoms with E-state index in [1.165, 1.54) is 4.90 Å². The molecule has 0 aromatic heterocycles. The Labute approximate surface area is 210 Å². The molecule has 1 aliphatic heterocycles. The fraction of sp³-hybridized carbons (Fsp3) is 0.476. The summed E-state index contributed by atoms with van der Waals surface area (Å²) in [5.41, 5.74) is -0.122. The number of amides is 1. The van der Waals surface area contributed by atoms with E-state index in [0.717, 1.165) is 0 Å². The molecule has 0 bridgehead atoms. The van der Waals surface area contributed by atoms with Crippen LogP contribution < -0.4 is 4.72 Å². The number of benzene rings is 1. The van der Waals surface area contributed by atoms with Gasteiger partial charge in [0.05, 0.1) is 22.8 Å². The van der Waals surface area contributed by atoms with Crippen LogP contribution in [0.4, 0.5) is 4.79 Å². The lowest BCUT2D eigenvalue weighted by molar-refractivity contribution is 0.0231. The van der Waals surface area contributed by atoms with Gasteiger partial charge >= 0.3 is 6.09 Å². The van der Waals surface area contributed by atoms with Crippen LogP contribution in [0, 0.1) is 5.92 Å². The van der Waals surface area contributed by atoms with Crippen LogP contribution in [0.15, 0.2) is 41.0 Å². The summed E-state index contributed by atoms with van der Waals surface area (Å²) < 4.78 is 61.7. The van der Waals surface area contributed by atoms with Crippen molar-refractivity contribution in [1.29, 1.82) is 0 Å². The molecule has 1 aromatic rings. The van der Waals surface area contributed by atoms with E-state index in [2.05, 4.69) is 17.9 Å². The van der Waals surface area contributed by atoms with Crippen LogP contribution in [0.25, 0.3) is 0 Å². The van der Waals surface area contributed by atoms with Crippen LogP contribution in [-0.4, -0.2) is 59.7 Å². The first kappa shape index (κ1) is 28.6. The Morgan fingerprint density at radius 1 is 1.26 bits per heavy atom. The number of carbonyl (C=O) groups is 1. The molecule has 0 aliphatic carbocycles. The summed E-state index contributed by atoms with van der Waals surface area (Å²) in [6.07, 6.45) is -1.27. The number of sulfone groups is 1. The highest BCUT2D eigenvalue weighted by Crippen LogP contribution is 2.33. The summed E-state index contributed by atoms with van der Waals surface area (Å²) in [5.74, 6) is -0.638. The van der Waals surface area contributed by atoms with E-state index < -0.39 is 47.8 Å². The highest BCUT2D eigenvalue weighted by atomic mass is 35.5. The van der Waals surface area contributed by atoms with Crippen molar-refractivity contribution in [2.75, 3.05) is 26.2 Å². The summed E-state index contributed by atoms with van der Waals surface area (Å²) >= 11 is 12.2. The molecule has 1 fully saturated rings. The van der Waals surface area contributed by atoms with Gasteiger partial charge in [-0.1, -0.05) is 42.4 Å². The smallest absolute Gasteiger partial charge is 0.410 e. The molecule has 1 N–H and O–H groups in total. The zero-order valence-electron chi connectivity index (χ0n) is 19.1. The quantitative estimate of drug-likeness (QED) is 0.543. The number of hydrogen-bond donors (Lipinski definition) is 1. The second-order valence-electron chi connectivity index (χ2n) is 8.59. The van der Waals surface area contributed by atoms with Gasteiger partial charge in [0.25, 0.3) is 10.0 Å². The monoisotopic (exact) mass is 554 g/mol. The van der Waals surface area contributed by atoms with Gasteiger partial charge in [0, 0.05) is 31.0 Å². The van der Waals surface area contributed by atoms with E-state index in [1.54, 1.807) is 39.0 Å². The van der Waals surface area contributed by atoms with Gasteiger partial charge in [-0.2, -0.15) is 0 Å². The van der Waals surface area contributed by atoms with Crippen molar-refractivity contribution in [3.8, 4) is 0 Å². The predicted octanol–water partition coefficient (Wildman–Crippen LogP) is 3.87. The number of rotatable bonds is 7. The molecule has 34 heavy (non-hydrogen) atoms. The average molecular weight is 556 g/mol. The van der Waals surface area contributed by atoms with Crippen LogP contribution in [0.2, 0.25) is 10.0 Å². The number of nitrogens with zero attached hydrogens (tertiary/aromatic N) is 1. The van der Waals surface area contributed by atoms with E-state index in [0.29, 0.717) is 16.0 Å². The zero-order chi connectivity index (χ0) is 25.9. The molecular weight excluding hydrogens is 527 g/mol. The zero-order valence-corrected chi connectivity index (χ0v) is 22.2. The third kappa shape index (κ3) is 7.43. The van der Waals surface area contributed by atoms with Gasteiger partial charge in [0.1, 0.15) is 5.60 Å². The van der Waals surface area contributed by atoms with Crippen LogP contribution in [0.3, 0.4) is 0 Å². The van der Waals surface area contributed by atoms with E-state index in [4.69, 9.17) is 32.7 Å². The first-order valence-electron chi connectivity index (χ1n) is 10.2. The highest BCUT2D eigenvalue weighted by Gasteiger charge is 2.35. The van der Waals surface area contributed by atoms with Crippen LogP contribution in [-0.2, 0) is 29.3 Å². The van der Waals surface area contributed by atoms with Crippen molar-refractivity contribution in [3.63, 3.8) is 0 Å². The Morgan fingerprint density at radius 3 is 2.47 bits per heavy atom. The molecule has 1 aromatic carbocycles. The van der Waals surface area contributed by atoms with Crippen molar-refractivity contribution in [2.45, 2.75) is 32.5 Å². The van der Waals surface area contributed by atoms with Gasteiger partial charge in [-0.05, 0) is 38.5 Å². The third-order valence-corrected chi connectivity index (χ3v) is 9.15. The summed E-state index contributed by atoms with van der Waals surface area (Å²) in [6.45, 7) is 11.6. The first-order chi connectivity index (χ1) is 15.6. The molecule has 0 saturated carbocycles. The van der Waals surface area contributed by atoms with Gasteiger partial charge in [0.15, 0.2) is 4.24 Å². The summed E-state index contributed by atoms with van der Waals surface area (Å²) in [4.78, 5) is 14.1. The topological polar surface area (TPSA) is 119 Å². The molecular formula is C21H28Cl2N2O7S2. The molecule has 1 amide bonds. The highest BCUT2D eigenvalue weighted by molar-refractivity contribution is 8.14. The Bertz CT molecular complexity index is 1160. The van der Waals surface area contributed by atoms with Crippen LogP contribution in [0.5, 0.6) is 0 Å². The standard InChI is InChI=1S/C21H28Cl2N2O7S2/c1-6-33(27,28)14(2)34(29,30)24-12-16-13-25(20(26)32-21(3,4)5)9-10-31-19(16)15-7-8-17(22)18(23)11-15/h6-8,11,16,19,24H,1-2,9-10,12-13H2,3-5H3/t16-,19+/m1/s1. The lowest BCUT2D eigenvalue weighted by Crippen LogP contribution is -2.43. The van der Waals surface area contributed by atoms with Crippen molar-refractivity contribution in [3.05, 3.63) is 56.6 Å². The summed E-state index contributed by atoms with van der Waals surface area (Å²) in [7, 11) is -8.73. The minimum Gasteiger partial charge on any atom is -0.444 e. The third-order valence-electron chi connectivity index (χ3n) is 4.84. The van der Waals surface area contributed by atoms with Crippen molar-refractivity contribution in [2.24, 2.45) is 5.92 Å². The van der Waals surface area contributed by atoms with E-state index in [9.17, 15) is 21.6 Å². The fourth-order valence-electron chi connectivity index (χ4n) is 3.16. The Balaban J connectivity index is 2.36. The molecule has 2 atom stereocenters. The number of sulfonamides is 1. The number of hydrogen-bond acceptors (Lipinski definition) is 7. The first-order valence-corrected chi connectivity index (χ1v) is 14.0. The molecule has 190 valence electrons. The second kappa shape index (κ2) is 11.0. The van der Waals surface area contributed by atoms with Crippen molar-refractivity contribution in [1.82, 2.24) is 9.62 Å². The predicted molar refractivity (Wildman–Crippen MR) is 132 cm³/mol. The van der Waals surface area contributed by atoms with E-state index in [-0.39, 0.29) is 31.3 Å². The number of ether oxygens (including phenoxy) is 2. The number of carbonyl (C=O) groups excluding carboxylic acids is 1. The van der Waals surface area contributed by atoms with Gasteiger partial charge in [-0.15, -0.1) is 0 Å². The van der Waals surface area contributed by atoms with Crippen LogP contribution >= 0.6 is 23.2 Å². The van der Waals surface area contributed by atoms with Gasteiger partial charge in [-0.25, -0.2) is 26.4 Å². The van der Waals surface area contributed by atoms with Crippen molar-refractivity contribution < 1.29 is 31.1 Å². The molecule has 13 heteroatoms. The molecule has 2 rings (SSSR count). The number of nitrogens with one attached hydrogen (secondary N) is 1. The number of halogens is 2. The average Bonchev–Trinajstić information content (AvgIpc) is 2.95. The fourth-order valence-corrected chi connectivity index (χ4v) is 5.85. The maximum absolute atomic E-state index is 12.7. The Hall–Kier alpha value is -1.63. The van der Waals surface area contributed by atoms with Gasteiger partial charge < -0.3 is 14.4 Å². The molecule has 1 aliphatic rings. The Morgan fingerprint density at radius 2 is 1.91 bits per heavy atom. The van der Waals surface area contributed by atoms with Crippen LogP contribution in [0.1, 0.15) is 32.4 Å². The van der Waals surface area contributed by atoms with Gasteiger partial charge in [-0.3, -0.25) is 0 Å². The molecule has 0 unspecified atom stereocenters. The normalized spacial score (nSPS) is 19.9. The minimum atomic E-state index is -4.47. The Kier molecular flexibility index (Phi) is 9.22. The molecule has 9 nitrogen and oxygen atoms in total. The van der Waals surface area contributed by atoms with Gasteiger partial charge in [0.2, 0.25) is 9.84 Å². The second-order valence-corrected chi connectivity index (χ2v) is 13.4. The summed E-state index contributed by atoms with van der Waals surface area (Å²) in [6, 6.07) is 4.86. The molecule has 0 spiro atoms. The van der Waals surface area contributed by atoms with Crippen molar-refractivity contribution >= 4 is 49.2 Å². The van der Waals surface area contributed by atoms with E-state index >= 15 is 0 Å². The summed E-state index contributed by atoms with van der Waals surface area (Å²) in [5, 5.41) is 1.12. The van der Waals surface area contributed by atoms with E-state index in [1.807, 2.05) is 0 Å². The maximum Gasteiger partial charge on any atom is 0.410 e. The lowest BCUT2D eigenvalue weighted by atomic mass is 9.95. The lowest BCUT2D eigenvalue weighted by Gasteiger charge is -2.30. The molecule has 0 radical (unpaired) electrons. The SMILES string of the molecule is C=CS(=O)(=O)C(=C)S(=O)(=O)NC[C@@H]1CN(C(=O)OC(C)(C)C)CCO[C@H]1c1ccc(Cl)c(Cl)c1. The molecule has 1 saturated heterocycles. The molecule has 1 heterocycles.